The number of carbonyl (C=O) groups excluding carboxylic acids is 1. The number of fused-ring (bicyclic) bond motifs is 1. The van der Waals surface area contributed by atoms with Gasteiger partial charge in [0.25, 0.3) is 5.91 Å². The molecular weight excluding hydrogens is 579 g/mol. The van der Waals surface area contributed by atoms with Gasteiger partial charge < -0.3 is 14.4 Å². The van der Waals surface area contributed by atoms with Gasteiger partial charge in [-0.05, 0) is 53.9 Å². The quantitative estimate of drug-likeness (QED) is 0.320. The van der Waals surface area contributed by atoms with E-state index in [2.05, 4.69) is 33.8 Å². The van der Waals surface area contributed by atoms with Gasteiger partial charge in [-0.2, -0.15) is 13.2 Å². The number of likely N-dealkylation sites (N-methyl/N-ethyl adjacent to an activating group) is 1. The van der Waals surface area contributed by atoms with E-state index in [1.807, 2.05) is 7.05 Å². The molecule has 2 fully saturated rings. The third-order valence-corrected chi connectivity index (χ3v) is 9.56. The van der Waals surface area contributed by atoms with Crippen molar-refractivity contribution in [2.45, 2.75) is 69.8 Å². The SMILES string of the molecule is CC(C)[C@H]1CN(C)CCN1Cc1cc2c(c(C(F)(F)F)c1)CN(c1cccc(C3(Cc4nncn4C)CC(F)(F)C3)c1)C2=O. The molecule has 7 nitrogen and oxygen atoms in total. The molecule has 44 heavy (non-hydrogen) atoms. The number of alkyl halides is 5. The molecule has 3 aliphatic rings. The minimum atomic E-state index is -4.64. The fourth-order valence-electron chi connectivity index (χ4n) is 7.22. The Morgan fingerprint density at radius 2 is 1.82 bits per heavy atom. The number of anilines is 1. The van der Waals surface area contributed by atoms with Crippen molar-refractivity contribution in [1.82, 2.24) is 24.6 Å². The Kier molecular flexibility index (Phi) is 7.59. The first-order chi connectivity index (χ1) is 20.7. The van der Waals surface area contributed by atoms with Crippen LogP contribution in [-0.4, -0.2) is 69.1 Å². The van der Waals surface area contributed by atoms with Crippen LogP contribution in [-0.2, 0) is 38.1 Å². The van der Waals surface area contributed by atoms with Crippen molar-refractivity contribution in [1.29, 1.82) is 0 Å². The summed E-state index contributed by atoms with van der Waals surface area (Å²) in [5.74, 6) is -2.50. The van der Waals surface area contributed by atoms with Gasteiger partial charge in [-0.3, -0.25) is 9.69 Å². The molecule has 12 heteroatoms. The lowest BCUT2D eigenvalue weighted by molar-refractivity contribution is -0.138. The zero-order chi connectivity index (χ0) is 31.6. The van der Waals surface area contributed by atoms with Crippen LogP contribution in [0.15, 0.2) is 42.7 Å². The molecule has 1 aromatic heterocycles. The standard InChI is InChI=1S/C32H37F5N6O/c1-20(2)27-16-40(3)8-9-42(27)14-21-10-24-25(26(11-21)32(35,36)37)15-43(29(24)44)23-7-5-6-22(12-23)30(17-31(33,34)18-30)13-28-39-38-19-41(28)4/h5-7,10-12,19-20,27H,8-9,13-18H2,1-4H3/t27-/m1/s1. The summed E-state index contributed by atoms with van der Waals surface area (Å²) in [5, 5.41) is 7.96. The Balaban J connectivity index is 1.32. The number of piperazine rings is 1. The molecule has 1 atom stereocenters. The first kappa shape index (κ1) is 30.6. The van der Waals surface area contributed by atoms with Crippen LogP contribution < -0.4 is 4.90 Å². The zero-order valence-electron chi connectivity index (χ0n) is 25.3. The van der Waals surface area contributed by atoms with Crippen molar-refractivity contribution in [3.8, 4) is 0 Å². The van der Waals surface area contributed by atoms with Gasteiger partial charge in [0.2, 0.25) is 5.92 Å². The van der Waals surface area contributed by atoms with E-state index >= 15 is 0 Å². The molecule has 1 saturated heterocycles. The van der Waals surface area contributed by atoms with Crippen LogP contribution in [0, 0.1) is 5.92 Å². The molecule has 1 saturated carbocycles. The normalized spacial score (nSPS) is 22.0. The van der Waals surface area contributed by atoms with Gasteiger partial charge in [-0.25, -0.2) is 8.78 Å². The van der Waals surface area contributed by atoms with E-state index in [1.54, 1.807) is 41.9 Å². The average Bonchev–Trinajstić information content (AvgIpc) is 3.49. The molecular formula is C32H37F5N6O. The molecule has 2 aliphatic heterocycles. The Hall–Kier alpha value is -3.38. The molecule has 0 spiro atoms. The smallest absolute Gasteiger partial charge is 0.321 e. The third kappa shape index (κ3) is 5.62. The van der Waals surface area contributed by atoms with Crippen molar-refractivity contribution in [2.75, 3.05) is 31.6 Å². The number of aromatic nitrogens is 3. The highest BCUT2D eigenvalue weighted by Gasteiger charge is 2.57. The van der Waals surface area contributed by atoms with Crippen LogP contribution in [0.2, 0.25) is 0 Å². The van der Waals surface area contributed by atoms with Gasteiger partial charge in [0.1, 0.15) is 12.2 Å². The number of hydrogen-bond donors (Lipinski definition) is 0. The Morgan fingerprint density at radius 1 is 1.07 bits per heavy atom. The summed E-state index contributed by atoms with van der Waals surface area (Å²) in [6, 6.07) is 9.70. The Labute approximate surface area is 253 Å². The molecule has 0 unspecified atom stereocenters. The van der Waals surface area contributed by atoms with Gasteiger partial charge in [-0.15, -0.1) is 10.2 Å². The summed E-state index contributed by atoms with van der Waals surface area (Å²) in [6.07, 6.45) is -3.70. The molecule has 3 heterocycles. The van der Waals surface area contributed by atoms with E-state index in [9.17, 15) is 26.7 Å². The summed E-state index contributed by atoms with van der Waals surface area (Å²) in [7, 11) is 3.79. The summed E-state index contributed by atoms with van der Waals surface area (Å²) in [5.41, 5.74) is -0.322. The van der Waals surface area contributed by atoms with Crippen molar-refractivity contribution < 1.29 is 26.7 Å². The number of carbonyl (C=O) groups is 1. The van der Waals surface area contributed by atoms with Crippen LogP contribution >= 0.6 is 0 Å². The molecule has 236 valence electrons. The van der Waals surface area contributed by atoms with Gasteiger partial charge in [0, 0.05) is 75.2 Å². The maximum absolute atomic E-state index is 14.4. The van der Waals surface area contributed by atoms with Gasteiger partial charge in [0.15, 0.2) is 0 Å². The monoisotopic (exact) mass is 616 g/mol. The molecule has 0 bridgehead atoms. The highest BCUT2D eigenvalue weighted by atomic mass is 19.4. The van der Waals surface area contributed by atoms with E-state index in [4.69, 9.17) is 0 Å². The van der Waals surface area contributed by atoms with Crippen molar-refractivity contribution in [2.24, 2.45) is 13.0 Å². The van der Waals surface area contributed by atoms with Gasteiger partial charge in [-0.1, -0.05) is 26.0 Å². The van der Waals surface area contributed by atoms with Crippen molar-refractivity contribution >= 4 is 11.6 Å². The van der Waals surface area contributed by atoms with E-state index < -0.39 is 41.8 Å². The lowest BCUT2D eigenvalue weighted by Gasteiger charge is -2.48. The van der Waals surface area contributed by atoms with Crippen LogP contribution in [0.3, 0.4) is 0 Å². The van der Waals surface area contributed by atoms with E-state index in [0.29, 0.717) is 35.1 Å². The summed E-state index contributed by atoms with van der Waals surface area (Å²) in [4.78, 5) is 19.5. The molecule has 0 N–H and O–H groups in total. The topological polar surface area (TPSA) is 57.5 Å². The first-order valence-corrected chi connectivity index (χ1v) is 14.9. The largest absolute Gasteiger partial charge is 0.416 e. The maximum Gasteiger partial charge on any atom is 0.416 e. The second-order valence-electron chi connectivity index (χ2n) is 13.2. The van der Waals surface area contributed by atoms with Crippen LogP contribution in [0.5, 0.6) is 0 Å². The fraction of sp³-hybridized carbons (Fsp3) is 0.531. The predicted octanol–water partition coefficient (Wildman–Crippen LogP) is 5.68. The van der Waals surface area contributed by atoms with Crippen molar-refractivity contribution in [3.05, 3.63) is 76.4 Å². The van der Waals surface area contributed by atoms with E-state index in [-0.39, 0.29) is 30.1 Å². The van der Waals surface area contributed by atoms with Gasteiger partial charge >= 0.3 is 6.18 Å². The van der Waals surface area contributed by atoms with Crippen LogP contribution in [0.25, 0.3) is 0 Å². The average molecular weight is 617 g/mol. The number of hydrogen-bond acceptors (Lipinski definition) is 5. The van der Waals surface area contributed by atoms with Crippen LogP contribution in [0.4, 0.5) is 27.6 Å². The Bertz CT molecular complexity index is 1560. The number of rotatable bonds is 7. The van der Waals surface area contributed by atoms with Gasteiger partial charge in [0.05, 0.1) is 12.1 Å². The third-order valence-electron chi connectivity index (χ3n) is 9.56. The molecule has 3 aromatic rings. The number of benzene rings is 2. The lowest BCUT2D eigenvalue weighted by Crippen LogP contribution is -2.53. The zero-order valence-corrected chi connectivity index (χ0v) is 25.3. The lowest BCUT2D eigenvalue weighted by atomic mass is 9.60. The number of aryl methyl sites for hydroxylation is 1. The number of halogens is 5. The van der Waals surface area contributed by atoms with Crippen molar-refractivity contribution in [3.63, 3.8) is 0 Å². The molecule has 2 aromatic carbocycles. The van der Waals surface area contributed by atoms with E-state index in [1.165, 1.54) is 17.3 Å². The minimum Gasteiger partial charge on any atom is -0.321 e. The van der Waals surface area contributed by atoms with Crippen LogP contribution in [0.1, 0.15) is 65.1 Å². The first-order valence-electron chi connectivity index (χ1n) is 14.9. The second-order valence-corrected chi connectivity index (χ2v) is 13.2. The summed E-state index contributed by atoms with van der Waals surface area (Å²) >= 11 is 0. The molecule has 0 radical (unpaired) electrons. The second kappa shape index (κ2) is 10.9. The number of amides is 1. The molecule has 6 rings (SSSR count). The van der Waals surface area contributed by atoms with E-state index in [0.717, 1.165) is 19.6 Å². The molecule has 1 aliphatic carbocycles. The number of nitrogens with zero attached hydrogens (tertiary/aromatic N) is 6. The highest BCUT2D eigenvalue weighted by Crippen LogP contribution is 2.55. The maximum atomic E-state index is 14.4. The fourth-order valence-corrected chi connectivity index (χ4v) is 7.22. The molecule has 1 amide bonds. The highest BCUT2D eigenvalue weighted by molar-refractivity contribution is 6.10. The minimum absolute atomic E-state index is 0.0411. The predicted molar refractivity (Wildman–Crippen MR) is 155 cm³/mol. The summed E-state index contributed by atoms with van der Waals surface area (Å²) in [6.45, 7) is 6.64. The Morgan fingerprint density at radius 3 is 2.45 bits per heavy atom. The summed E-state index contributed by atoms with van der Waals surface area (Å²) < 4.78 is 73.6.